The molecule has 1 fully saturated rings. The quantitative estimate of drug-likeness (QED) is 0.939. The molecule has 0 aliphatic carbocycles. The monoisotopic (exact) mass is 316 g/mol. The number of likely N-dealkylation sites (tertiary alicyclic amines) is 1. The SMILES string of the molecule is Cc1csc(C(c2ccncc2C)N2CCCC2C(=O)O)c1. The van der Waals surface area contributed by atoms with Crippen LogP contribution in [0, 0.1) is 13.8 Å². The fourth-order valence-corrected chi connectivity index (χ4v) is 4.28. The number of aryl methyl sites for hydroxylation is 2. The molecule has 116 valence electrons. The van der Waals surface area contributed by atoms with E-state index in [1.165, 1.54) is 10.4 Å². The number of carbonyl (C=O) groups is 1. The van der Waals surface area contributed by atoms with E-state index in [2.05, 4.69) is 28.3 Å². The maximum Gasteiger partial charge on any atom is 0.320 e. The molecule has 22 heavy (non-hydrogen) atoms. The van der Waals surface area contributed by atoms with Gasteiger partial charge < -0.3 is 5.11 Å². The Morgan fingerprint density at radius 2 is 2.32 bits per heavy atom. The van der Waals surface area contributed by atoms with Crippen LogP contribution in [0.1, 0.15) is 40.5 Å². The summed E-state index contributed by atoms with van der Waals surface area (Å²) in [5, 5.41) is 11.7. The standard InChI is InChI=1S/C17H20N2O2S/c1-11-8-15(22-10-11)16(13-5-6-18-9-12(13)2)19-7-3-4-14(19)17(20)21/h5-6,8-10,14,16H,3-4,7H2,1-2H3,(H,20,21). The molecule has 0 saturated carbocycles. The van der Waals surface area contributed by atoms with Crippen molar-refractivity contribution in [3.05, 3.63) is 51.5 Å². The van der Waals surface area contributed by atoms with Crippen molar-refractivity contribution in [3.8, 4) is 0 Å². The molecule has 4 nitrogen and oxygen atoms in total. The van der Waals surface area contributed by atoms with Crippen molar-refractivity contribution in [2.24, 2.45) is 0 Å². The van der Waals surface area contributed by atoms with Gasteiger partial charge in [-0.15, -0.1) is 11.3 Å². The summed E-state index contributed by atoms with van der Waals surface area (Å²) in [6.07, 6.45) is 5.30. The van der Waals surface area contributed by atoms with Crippen LogP contribution in [0.15, 0.2) is 29.9 Å². The van der Waals surface area contributed by atoms with Crippen LogP contribution in [0.25, 0.3) is 0 Å². The van der Waals surface area contributed by atoms with Gasteiger partial charge in [0.05, 0.1) is 6.04 Å². The number of hydrogen-bond donors (Lipinski definition) is 1. The number of hydrogen-bond acceptors (Lipinski definition) is 4. The topological polar surface area (TPSA) is 53.4 Å². The van der Waals surface area contributed by atoms with Crippen molar-refractivity contribution in [2.45, 2.75) is 38.8 Å². The molecule has 2 aromatic rings. The molecule has 1 aliphatic heterocycles. The summed E-state index contributed by atoms with van der Waals surface area (Å²) >= 11 is 1.71. The van der Waals surface area contributed by atoms with Crippen LogP contribution in [0.2, 0.25) is 0 Å². The Bertz CT molecular complexity index is 683. The summed E-state index contributed by atoms with van der Waals surface area (Å²) in [7, 11) is 0. The Morgan fingerprint density at radius 1 is 1.50 bits per heavy atom. The van der Waals surface area contributed by atoms with Crippen molar-refractivity contribution >= 4 is 17.3 Å². The third kappa shape index (κ3) is 2.78. The zero-order chi connectivity index (χ0) is 15.7. The van der Waals surface area contributed by atoms with Crippen LogP contribution < -0.4 is 0 Å². The number of aromatic nitrogens is 1. The molecule has 1 saturated heterocycles. The molecule has 1 N–H and O–H groups in total. The van der Waals surface area contributed by atoms with Crippen LogP contribution >= 0.6 is 11.3 Å². The summed E-state index contributed by atoms with van der Waals surface area (Å²) in [6.45, 7) is 4.94. The number of carboxylic acids is 1. The smallest absolute Gasteiger partial charge is 0.320 e. The van der Waals surface area contributed by atoms with Gasteiger partial charge in [-0.05, 0) is 60.9 Å². The molecule has 0 bridgehead atoms. The fourth-order valence-electron chi connectivity index (χ4n) is 3.25. The van der Waals surface area contributed by atoms with E-state index in [1.54, 1.807) is 17.5 Å². The van der Waals surface area contributed by atoms with Crippen molar-refractivity contribution in [2.75, 3.05) is 6.54 Å². The van der Waals surface area contributed by atoms with Crippen molar-refractivity contribution in [3.63, 3.8) is 0 Å². The number of thiophene rings is 1. The second-order valence-corrected chi connectivity index (χ2v) is 6.84. The van der Waals surface area contributed by atoms with Gasteiger partial charge >= 0.3 is 5.97 Å². The first-order chi connectivity index (χ1) is 10.6. The maximum atomic E-state index is 11.6. The Morgan fingerprint density at radius 3 is 2.95 bits per heavy atom. The highest BCUT2D eigenvalue weighted by molar-refractivity contribution is 7.10. The predicted octanol–water partition coefficient (Wildman–Crippen LogP) is 3.40. The molecule has 2 atom stereocenters. The van der Waals surface area contributed by atoms with Gasteiger partial charge in [0.2, 0.25) is 0 Å². The van der Waals surface area contributed by atoms with Gasteiger partial charge in [-0.1, -0.05) is 0 Å². The molecular weight excluding hydrogens is 296 g/mol. The molecule has 3 heterocycles. The van der Waals surface area contributed by atoms with Crippen LogP contribution in [0.5, 0.6) is 0 Å². The first kappa shape index (κ1) is 15.2. The highest BCUT2D eigenvalue weighted by atomic mass is 32.1. The Balaban J connectivity index is 2.07. The molecule has 0 radical (unpaired) electrons. The first-order valence-electron chi connectivity index (χ1n) is 7.52. The minimum absolute atomic E-state index is 0.00491. The molecule has 3 rings (SSSR count). The lowest BCUT2D eigenvalue weighted by Gasteiger charge is -2.31. The summed E-state index contributed by atoms with van der Waals surface area (Å²) in [6, 6.07) is 3.80. The van der Waals surface area contributed by atoms with E-state index in [9.17, 15) is 9.90 Å². The van der Waals surface area contributed by atoms with E-state index in [1.807, 2.05) is 19.2 Å². The number of aliphatic carboxylic acids is 1. The summed E-state index contributed by atoms with van der Waals surface area (Å²) in [5.41, 5.74) is 3.49. The summed E-state index contributed by atoms with van der Waals surface area (Å²) < 4.78 is 0. The van der Waals surface area contributed by atoms with Crippen molar-refractivity contribution in [1.82, 2.24) is 9.88 Å². The Labute approximate surface area is 134 Å². The van der Waals surface area contributed by atoms with Crippen LogP contribution in [0.4, 0.5) is 0 Å². The molecule has 0 amide bonds. The number of nitrogens with zero attached hydrogens (tertiary/aromatic N) is 2. The predicted molar refractivity (Wildman–Crippen MR) is 87.2 cm³/mol. The van der Waals surface area contributed by atoms with E-state index in [-0.39, 0.29) is 6.04 Å². The zero-order valence-electron chi connectivity index (χ0n) is 12.8. The van der Waals surface area contributed by atoms with E-state index in [0.717, 1.165) is 30.5 Å². The lowest BCUT2D eigenvalue weighted by Crippen LogP contribution is -2.39. The minimum Gasteiger partial charge on any atom is -0.480 e. The van der Waals surface area contributed by atoms with Crippen LogP contribution in [-0.2, 0) is 4.79 Å². The average molecular weight is 316 g/mol. The number of carboxylic acid groups (broad SMARTS) is 1. The third-order valence-corrected chi connectivity index (χ3v) is 5.39. The van der Waals surface area contributed by atoms with E-state index < -0.39 is 12.0 Å². The Hall–Kier alpha value is -1.72. The van der Waals surface area contributed by atoms with Gasteiger partial charge in [-0.2, -0.15) is 0 Å². The fraction of sp³-hybridized carbons (Fsp3) is 0.412. The van der Waals surface area contributed by atoms with Gasteiger partial charge in [0.15, 0.2) is 0 Å². The molecule has 2 aromatic heterocycles. The Kier molecular flexibility index (Phi) is 4.27. The zero-order valence-corrected chi connectivity index (χ0v) is 13.6. The maximum absolute atomic E-state index is 11.6. The molecule has 2 unspecified atom stereocenters. The highest BCUT2D eigenvalue weighted by Gasteiger charge is 2.37. The van der Waals surface area contributed by atoms with E-state index >= 15 is 0 Å². The lowest BCUT2D eigenvalue weighted by atomic mass is 9.99. The minimum atomic E-state index is -0.720. The van der Waals surface area contributed by atoms with Crippen molar-refractivity contribution < 1.29 is 9.90 Å². The molecule has 1 aliphatic rings. The molecule has 5 heteroatoms. The highest BCUT2D eigenvalue weighted by Crippen LogP contribution is 2.38. The van der Waals surface area contributed by atoms with Gasteiger partial charge in [-0.3, -0.25) is 14.7 Å². The van der Waals surface area contributed by atoms with Gasteiger partial charge in [0.1, 0.15) is 6.04 Å². The van der Waals surface area contributed by atoms with Crippen molar-refractivity contribution in [1.29, 1.82) is 0 Å². The lowest BCUT2D eigenvalue weighted by molar-refractivity contribution is -0.142. The summed E-state index contributed by atoms with van der Waals surface area (Å²) in [5.74, 6) is -0.720. The van der Waals surface area contributed by atoms with E-state index in [0.29, 0.717) is 0 Å². The summed E-state index contributed by atoms with van der Waals surface area (Å²) in [4.78, 5) is 19.1. The van der Waals surface area contributed by atoms with Gasteiger partial charge in [-0.25, -0.2) is 0 Å². The second-order valence-electron chi connectivity index (χ2n) is 5.90. The van der Waals surface area contributed by atoms with Crippen LogP contribution in [-0.4, -0.2) is 33.5 Å². The first-order valence-corrected chi connectivity index (χ1v) is 8.40. The third-order valence-electron chi connectivity index (χ3n) is 4.29. The molecule has 0 spiro atoms. The molecular formula is C17H20N2O2S. The number of pyridine rings is 1. The average Bonchev–Trinajstić information content (AvgIpc) is 3.11. The second kappa shape index (κ2) is 6.18. The van der Waals surface area contributed by atoms with E-state index in [4.69, 9.17) is 0 Å². The van der Waals surface area contributed by atoms with Crippen LogP contribution in [0.3, 0.4) is 0 Å². The van der Waals surface area contributed by atoms with Gasteiger partial charge in [0, 0.05) is 23.8 Å². The normalized spacial score (nSPS) is 20.2. The molecule has 0 aromatic carbocycles. The van der Waals surface area contributed by atoms with Gasteiger partial charge in [0.25, 0.3) is 0 Å². The largest absolute Gasteiger partial charge is 0.480 e. The number of rotatable bonds is 4.